The Hall–Kier alpha value is -1.43. The van der Waals surface area contributed by atoms with Crippen LogP contribution in [0.5, 0.6) is 0 Å². The van der Waals surface area contributed by atoms with Gasteiger partial charge in [-0.05, 0) is 0 Å². The van der Waals surface area contributed by atoms with Crippen LogP contribution in [0.15, 0.2) is 12.5 Å². The summed E-state index contributed by atoms with van der Waals surface area (Å²) in [5.41, 5.74) is 3.87. The van der Waals surface area contributed by atoms with Crippen LogP contribution in [-0.2, 0) is 11.2 Å². The van der Waals surface area contributed by atoms with E-state index in [1.807, 2.05) is 0 Å². The molecule has 1 rings (SSSR count). The SMILES string of the molecule is N[C@@](CF)(Cc1c[nH]cn1)C(=O)O. The van der Waals surface area contributed by atoms with Crippen molar-refractivity contribution in [2.75, 3.05) is 6.67 Å². The van der Waals surface area contributed by atoms with Crippen LogP contribution in [0.1, 0.15) is 5.69 Å². The maximum Gasteiger partial charge on any atom is 0.326 e. The second-order valence-electron chi connectivity index (χ2n) is 2.83. The molecule has 0 unspecified atom stereocenters. The lowest BCUT2D eigenvalue weighted by Gasteiger charge is -2.19. The highest BCUT2D eigenvalue weighted by molar-refractivity contribution is 5.79. The van der Waals surface area contributed by atoms with Gasteiger partial charge in [-0.25, -0.2) is 9.37 Å². The van der Waals surface area contributed by atoms with Crippen molar-refractivity contribution < 1.29 is 14.3 Å². The second kappa shape index (κ2) is 3.53. The summed E-state index contributed by atoms with van der Waals surface area (Å²) in [5, 5.41) is 8.63. The Morgan fingerprint density at radius 3 is 2.92 bits per heavy atom. The molecule has 0 bridgehead atoms. The lowest BCUT2D eigenvalue weighted by molar-refractivity contribution is -0.144. The monoisotopic (exact) mass is 187 g/mol. The zero-order valence-corrected chi connectivity index (χ0v) is 6.83. The zero-order chi connectivity index (χ0) is 9.90. The fourth-order valence-corrected chi connectivity index (χ4v) is 0.891. The van der Waals surface area contributed by atoms with Crippen molar-refractivity contribution in [2.24, 2.45) is 5.73 Å². The summed E-state index contributed by atoms with van der Waals surface area (Å²) < 4.78 is 12.3. The van der Waals surface area contributed by atoms with Crippen molar-refractivity contribution in [3.8, 4) is 0 Å². The van der Waals surface area contributed by atoms with Crippen LogP contribution in [0.25, 0.3) is 0 Å². The lowest BCUT2D eigenvalue weighted by atomic mass is 9.97. The molecule has 1 aromatic heterocycles. The number of rotatable bonds is 4. The van der Waals surface area contributed by atoms with E-state index >= 15 is 0 Å². The first-order valence-electron chi connectivity index (χ1n) is 3.64. The number of hydrogen-bond donors (Lipinski definition) is 3. The Kier molecular flexibility index (Phi) is 2.62. The van der Waals surface area contributed by atoms with Crippen LogP contribution in [0, 0.1) is 0 Å². The number of carboxylic acid groups (broad SMARTS) is 1. The number of nitrogens with two attached hydrogens (primary N) is 1. The van der Waals surface area contributed by atoms with Crippen molar-refractivity contribution in [2.45, 2.75) is 12.0 Å². The van der Waals surface area contributed by atoms with E-state index in [9.17, 15) is 9.18 Å². The highest BCUT2D eigenvalue weighted by atomic mass is 19.1. The van der Waals surface area contributed by atoms with Gasteiger partial charge in [0.2, 0.25) is 0 Å². The molecule has 0 aliphatic carbocycles. The van der Waals surface area contributed by atoms with Gasteiger partial charge in [0.1, 0.15) is 12.2 Å². The smallest absolute Gasteiger partial charge is 0.326 e. The first kappa shape index (κ1) is 9.66. The average molecular weight is 187 g/mol. The van der Waals surface area contributed by atoms with E-state index in [-0.39, 0.29) is 6.42 Å². The van der Waals surface area contributed by atoms with Crippen molar-refractivity contribution in [1.29, 1.82) is 0 Å². The second-order valence-corrected chi connectivity index (χ2v) is 2.83. The maximum atomic E-state index is 12.3. The topological polar surface area (TPSA) is 92.0 Å². The number of hydrogen-bond acceptors (Lipinski definition) is 3. The molecule has 13 heavy (non-hydrogen) atoms. The third-order valence-corrected chi connectivity index (χ3v) is 1.72. The van der Waals surface area contributed by atoms with Crippen LogP contribution >= 0.6 is 0 Å². The number of aromatic amines is 1. The van der Waals surface area contributed by atoms with Crippen LogP contribution < -0.4 is 5.73 Å². The van der Waals surface area contributed by atoms with Crippen LogP contribution in [-0.4, -0.2) is 33.3 Å². The molecule has 1 heterocycles. The van der Waals surface area contributed by atoms with Gasteiger partial charge >= 0.3 is 5.97 Å². The molecule has 0 aromatic carbocycles. The van der Waals surface area contributed by atoms with Gasteiger partial charge in [0, 0.05) is 12.6 Å². The predicted molar refractivity (Wildman–Crippen MR) is 42.8 cm³/mol. The molecule has 0 amide bonds. The molecule has 1 aromatic rings. The Balaban J connectivity index is 2.75. The number of nitrogens with zero attached hydrogens (tertiary/aromatic N) is 1. The normalized spacial score (nSPS) is 15.2. The Morgan fingerprint density at radius 1 is 1.85 bits per heavy atom. The van der Waals surface area contributed by atoms with E-state index < -0.39 is 18.2 Å². The molecular weight excluding hydrogens is 177 g/mol. The molecule has 0 aliphatic rings. The van der Waals surface area contributed by atoms with Crippen LogP contribution in [0.4, 0.5) is 4.39 Å². The van der Waals surface area contributed by atoms with Gasteiger partial charge in [-0.3, -0.25) is 4.79 Å². The summed E-state index contributed by atoms with van der Waals surface area (Å²) in [6, 6.07) is 0. The third kappa shape index (κ3) is 2.03. The molecule has 4 N–H and O–H groups in total. The third-order valence-electron chi connectivity index (χ3n) is 1.72. The van der Waals surface area contributed by atoms with Gasteiger partial charge in [0.25, 0.3) is 0 Å². The van der Waals surface area contributed by atoms with E-state index in [0.717, 1.165) is 0 Å². The number of halogens is 1. The number of aromatic nitrogens is 2. The van der Waals surface area contributed by atoms with Crippen LogP contribution in [0.3, 0.4) is 0 Å². The number of alkyl halides is 1. The van der Waals surface area contributed by atoms with E-state index in [0.29, 0.717) is 5.69 Å². The quantitative estimate of drug-likeness (QED) is 0.603. The Labute approximate surface area is 73.8 Å². The predicted octanol–water partition coefficient (Wildman–Crippen LogP) is -0.296. The fourth-order valence-electron chi connectivity index (χ4n) is 0.891. The number of carbonyl (C=O) groups is 1. The minimum atomic E-state index is -1.87. The first-order valence-corrected chi connectivity index (χ1v) is 3.64. The highest BCUT2D eigenvalue weighted by Crippen LogP contribution is 2.09. The van der Waals surface area contributed by atoms with Crippen LogP contribution in [0.2, 0.25) is 0 Å². The minimum Gasteiger partial charge on any atom is -0.480 e. The molecule has 0 aliphatic heterocycles. The largest absolute Gasteiger partial charge is 0.480 e. The van der Waals surface area contributed by atoms with Gasteiger partial charge in [-0.15, -0.1) is 0 Å². The van der Waals surface area contributed by atoms with E-state index in [1.165, 1.54) is 12.5 Å². The van der Waals surface area contributed by atoms with Gasteiger partial charge in [-0.2, -0.15) is 0 Å². The lowest BCUT2D eigenvalue weighted by Crippen LogP contribution is -2.52. The minimum absolute atomic E-state index is 0.123. The molecule has 1 atom stereocenters. The molecule has 5 nitrogen and oxygen atoms in total. The molecule has 0 saturated carbocycles. The molecule has 0 fully saturated rings. The van der Waals surface area contributed by atoms with E-state index in [4.69, 9.17) is 10.8 Å². The number of imidazole rings is 1. The summed E-state index contributed by atoms with van der Waals surface area (Å²) in [7, 11) is 0. The summed E-state index contributed by atoms with van der Waals surface area (Å²) in [4.78, 5) is 17.0. The van der Waals surface area contributed by atoms with Crippen molar-refractivity contribution in [3.63, 3.8) is 0 Å². The number of nitrogens with one attached hydrogen (secondary N) is 1. The molecule has 6 heteroatoms. The van der Waals surface area contributed by atoms with Gasteiger partial charge in [0.05, 0.1) is 12.0 Å². The van der Waals surface area contributed by atoms with Crippen molar-refractivity contribution in [3.05, 3.63) is 18.2 Å². The van der Waals surface area contributed by atoms with E-state index in [1.54, 1.807) is 0 Å². The number of aliphatic carboxylic acids is 1. The summed E-state index contributed by atoms with van der Waals surface area (Å²) in [6.07, 6.45) is 2.75. The van der Waals surface area contributed by atoms with Gasteiger partial charge in [0.15, 0.2) is 0 Å². The summed E-state index contributed by atoms with van der Waals surface area (Å²) in [6.45, 7) is -1.12. The first-order chi connectivity index (χ1) is 6.08. The molecule has 0 saturated heterocycles. The Bertz CT molecular complexity index is 288. The molecule has 0 spiro atoms. The summed E-state index contributed by atoms with van der Waals surface area (Å²) in [5.74, 6) is -1.36. The standard InChI is InChI=1S/C7H10FN3O2/c8-3-7(9,6(12)13)1-5-2-10-4-11-5/h2,4H,1,3,9H2,(H,10,11)(H,12,13)/t7-/m1/s1. The highest BCUT2D eigenvalue weighted by Gasteiger charge is 2.35. The number of H-pyrrole nitrogens is 1. The molecular formula is C7H10FN3O2. The number of carboxylic acids is 1. The van der Waals surface area contributed by atoms with Gasteiger partial charge < -0.3 is 15.8 Å². The Morgan fingerprint density at radius 2 is 2.54 bits per heavy atom. The maximum absolute atomic E-state index is 12.3. The molecule has 72 valence electrons. The van der Waals surface area contributed by atoms with Crippen molar-refractivity contribution in [1.82, 2.24) is 9.97 Å². The fraction of sp³-hybridized carbons (Fsp3) is 0.429. The van der Waals surface area contributed by atoms with Crippen molar-refractivity contribution >= 4 is 5.97 Å². The van der Waals surface area contributed by atoms with E-state index in [2.05, 4.69) is 9.97 Å². The average Bonchev–Trinajstić information content (AvgIpc) is 2.56. The summed E-state index contributed by atoms with van der Waals surface area (Å²) >= 11 is 0. The zero-order valence-electron chi connectivity index (χ0n) is 6.83. The van der Waals surface area contributed by atoms with Gasteiger partial charge in [-0.1, -0.05) is 0 Å². The molecule has 0 radical (unpaired) electrons.